The van der Waals surface area contributed by atoms with E-state index in [0.717, 1.165) is 0 Å². The third-order valence-electron chi connectivity index (χ3n) is 1.27. The van der Waals surface area contributed by atoms with Crippen molar-refractivity contribution in [1.82, 2.24) is 0 Å². The SMILES string of the molecule is C=CCO[C@@H](C=O)[C@@H](C)OC=O. The summed E-state index contributed by atoms with van der Waals surface area (Å²) in [7, 11) is 0. The van der Waals surface area contributed by atoms with Crippen LogP contribution < -0.4 is 0 Å². The Morgan fingerprint density at radius 1 is 1.50 bits per heavy atom. The second kappa shape index (κ2) is 6.54. The minimum atomic E-state index is -0.715. The van der Waals surface area contributed by atoms with Crippen LogP contribution in [-0.2, 0) is 19.1 Å². The summed E-state index contributed by atoms with van der Waals surface area (Å²) in [4.78, 5) is 20.3. The van der Waals surface area contributed by atoms with Gasteiger partial charge in [0.25, 0.3) is 6.47 Å². The van der Waals surface area contributed by atoms with Gasteiger partial charge in [-0.25, -0.2) is 0 Å². The van der Waals surface area contributed by atoms with Crippen LogP contribution in [0.1, 0.15) is 6.92 Å². The van der Waals surface area contributed by atoms with E-state index < -0.39 is 12.2 Å². The topological polar surface area (TPSA) is 52.6 Å². The Morgan fingerprint density at radius 2 is 2.17 bits per heavy atom. The summed E-state index contributed by atoms with van der Waals surface area (Å²) in [5.41, 5.74) is 0. The molecule has 0 aliphatic carbocycles. The van der Waals surface area contributed by atoms with E-state index in [9.17, 15) is 9.59 Å². The molecule has 0 aromatic carbocycles. The predicted molar refractivity (Wildman–Crippen MR) is 42.6 cm³/mol. The van der Waals surface area contributed by atoms with Crippen molar-refractivity contribution in [3.8, 4) is 0 Å². The number of carbonyl (C=O) groups is 2. The van der Waals surface area contributed by atoms with Crippen LogP contribution in [0, 0.1) is 0 Å². The molecular weight excluding hydrogens is 160 g/mol. The summed E-state index contributed by atoms with van der Waals surface area (Å²) in [6.07, 6.45) is 0.843. The lowest BCUT2D eigenvalue weighted by molar-refractivity contribution is -0.143. The second-order valence-electron chi connectivity index (χ2n) is 2.16. The highest BCUT2D eigenvalue weighted by Gasteiger charge is 2.17. The third kappa shape index (κ3) is 3.88. The van der Waals surface area contributed by atoms with Crippen molar-refractivity contribution in [3.63, 3.8) is 0 Å². The Balaban J connectivity index is 3.85. The molecule has 2 atom stereocenters. The van der Waals surface area contributed by atoms with Crippen LogP contribution in [0.5, 0.6) is 0 Å². The largest absolute Gasteiger partial charge is 0.462 e. The van der Waals surface area contributed by atoms with Crippen LogP contribution in [0.25, 0.3) is 0 Å². The molecule has 0 heterocycles. The maximum absolute atomic E-state index is 10.4. The summed E-state index contributed by atoms with van der Waals surface area (Å²) < 4.78 is 9.51. The molecule has 68 valence electrons. The molecule has 12 heavy (non-hydrogen) atoms. The number of ether oxygens (including phenoxy) is 2. The van der Waals surface area contributed by atoms with Gasteiger partial charge >= 0.3 is 0 Å². The molecule has 0 bridgehead atoms. The maximum atomic E-state index is 10.4. The lowest BCUT2D eigenvalue weighted by atomic mass is 10.2. The summed E-state index contributed by atoms with van der Waals surface area (Å²) in [6.45, 7) is 5.55. The molecule has 0 radical (unpaired) electrons. The van der Waals surface area contributed by atoms with Gasteiger partial charge in [0.05, 0.1) is 6.61 Å². The van der Waals surface area contributed by atoms with Crippen molar-refractivity contribution in [2.75, 3.05) is 6.61 Å². The molecule has 0 aliphatic rings. The number of rotatable bonds is 7. The Bertz CT molecular complexity index is 155. The fourth-order valence-corrected chi connectivity index (χ4v) is 0.630. The number of hydrogen-bond acceptors (Lipinski definition) is 4. The molecule has 4 nitrogen and oxygen atoms in total. The smallest absolute Gasteiger partial charge is 0.293 e. The quantitative estimate of drug-likeness (QED) is 0.410. The summed E-state index contributed by atoms with van der Waals surface area (Å²) in [5, 5.41) is 0. The molecule has 0 aliphatic heterocycles. The zero-order valence-electron chi connectivity index (χ0n) is 6.93. The first-order valence-corrected chi connectivity index (χ1v) is 3.53. The van der Waals surface area contributed by atoms with E-state index in [2.05, 4.69) is 11.3 Å². The molecule has 0 saturated carbocycles. The van der Waals surface area contributed by atoms with E-state index >= 15 is 0 Å². The van der Waals surface area contributed by atoms with Crippen molar-refractivity contribution >= 4 is 12.8 Å². The van der Waals surface area contributed by atoms with Crippen molar-refractivity contribution in [2.45, 2.75) is 19.1 Å². The average molecular weight is 172 g/mol. The molecule has 0 rings (SSSR count). The molecular formula is C8H12O4. The number of hydrogen-bond donors (Lipinski definition) is 0. The average Bonchev–Trinajstić information content (AvgIpc) is 2.06. The van der Waals surface area contributed by atoms with Gasteiger partial charge in [-0.15, -0.1) is 6.58 Å². The van der Waals surface area contributed by atoms with Crippen LogP contribution >= 0.6 is 0 Å². The summed E-state index contributed by atoms with van der Waals surface area (Å²) in [6, 6.07) is 0. The molecule has 4 heteroatoms. The first-order valence-electron chi connectivity index (χ1n) is 3.53. The van der Waals surface area contributed by atoms with Gasteiger partial charge in [-0.2, -0.15) is 0 Å². The Hall–Kier alpha value is -1.16. The van der Waals surface area contributed by atoms with Crippen LogP contribution in [0.2, 0.25) is 0 Å². The van der Waals surface area contributed by atoms with Gasteiger partial charge in [-0.3, -0.25) is 4.79 Å². The van der Waals surface area contributed by atoms with Crippen molar-refractivity contribution in [3.05, 3.63) is 12.7 Å². The zero-order chi connectivity index (χ0) is 9.40. The summed E-state index contributed by atoms with van der Waals surface area (Å²) >= 11 is 0. The predicted octanol–water partition coefficient (Wildman–Crippen LogP) is 0.318. The first kappa shape index (κ1) is 10.8. The monoisotopic (exact) mass is 172 g/mol. The first-order chi connectivity index (χ1) is 5.76. The van der Waals surface area contributed by atoms with Gasteiger partial charge in [0, 0.05) is 0 Å². The van der Waals surface area contributed by atoms with Crippen molar-refractivity contribution in [1.29, 1.82) is 0 Å². The molecule has 0 spiro atoms. The van der Waals surface area contributed by atoms with Gasteiger partial charge in [0.2, 0.25) is 0 Å². The second-order valence-corrected chi connectivity index (χ2v) is 2.16. The van der Waals surface area contributed by atoms with E-state index in [1.54, 1.807) is 6.92 Å². The Morgan fingerprint density at radius 3 is 2.58 bits per heavy atom. The lowest BCUT2D eigenvalue weighted by Crippen LogP contribution is -2.30. The Labute approximate surface area is 71.2 Å². The molecule has 0 aromatic rings. The molecule has 0 aromatic heterocycles. The highest BCUT2D eigenvalue weighted by molar-refractivity contribution is 5.57. The van der Waals surface area contributed by atoms with Crippen LogP contribution in [0.4, 0.5) is 0 Å². The van der Waals surface area contributed by atoms with Crippen LogP contribution in [0.15, 0.2) is 12.7 Å². The molecule has 0 saturated heterocycles. The highest BCUT2D eigenvalue weighted by Crippen LogP contribution is 1.99. The van der Waals surface area contributed by atoms with Crippen LogP contribution in [0.3, 0.4) is 0 Å². The maximum Gasteiger partial charge on any atom is 0.293 e. The lowest BCUT2D eigenvalue weighted by Gasteiger charge is -2.16. The zero-order valence-corrected chi connectivity index (χ0v) is 6.93. The van der Waals surface area contributed by atoms with Crippen LogP contribution in [-0.4, -0.2) is 31.6 Å². The Kier molecular flexibility index (Phi) is 5.91. The van der Waals surface area contributed by atoms with E-state index in [-0.39, 0.29) is 6.61 Å². The van der Waals surface area contributed by atoms with Gasteiger partial charge < -0.3 is 14.3 Å². The van der Waals surface area contributed by atoms with Gasteiger partial charge in [0.15, 0.2) is 6.29 Å². The fraction of sp³-hybridized carbons (Fsp3) is 0.500. The standard InChI is InChI=1S/C8H12O4/c1-3-4-11-8(5-9)7(2)12-6-10/h3,5-8H,1,4H2,2H3/t7-,8+/m1/s1. The minimum Gasteiger partial charge on any atom is -0.462 e. The van der Waals surface area contributed by atoms with Gasteiger partial charge in [0.1, 0.15) is 12.2 Å². The molecule has 0 unspecified atom stereocenters. The van der Waals surface area contributed by atoms with Crippen molar-refractivity contribution < 1.29 is 19.1 Å². The van der Waals surface area contributed by atoms with Gasteiger partial charge in [-0.05, 0) is 6.92 Å². The molecule has 0 N–H and O–H groups in total. The molecule has 0 fully saturated rings. The number of carbonyl (C=O) groups excluding carboxylic acids is 2. The van der Waals surface area contributed by atoms with Gasteiger partial charge in [-0.1, -0.05) is 6.08 Å². The highest BCUT2D eigenvalue weighted by atomic mass is 16.6. The van der Waals surface area contributed by atoms with Crippen molar-refractivity contribution in [2.24, 2.45) is 0 Å². The van der Waals surface area contributed by atoms with E-state index in [0.29, 0.717) is 12.8 Å². The normalized spacial score (nSPS) is 14.4. The fourth-order valence-electron chi connectivity index (χ4n) is 0.630. The summed E-state index contributed by atoms with van der Waals surface area (Å²) in [5.74, 6) is 0. The minimum absolute atomic E-state index is 0.260. The third-order valence-corrected chi connectivity index (χ3v) is 1.27. The molecule has 0 amide bonds. The van der Waals surface area contributed by atoms with E-state index in [1.165, 1.54) is 6.08 Å². The number of aldehydes is 1. The van der Waals surface area contributed by atoms with E-state index in [4.69, 9.17) is 4.74 Å². The van der Waals surface area contributed by atoms with E-state index in [1.807, 2.05) is 0 Å².